The lowest BCUT2D eigenvalue weighted by molar-refractivity contribution is 0.201. The lowest BCUT2D eigenvalue weighted by atomic mass is 10.1. The molecule has 158 valence electrons. The number of aromatic nitrogens is 4. The van der Waals surface area contributed by atoms with Gasteiger partial charge in [0.05, 0.1) is 11.9 Å². The Balaban J connectivity index is 1.36. The summed E-state index contributed by atoms with van der Waals surface area (Å²) >= 11 is 0. The summed E-state index contributed by atoms with van der Waals surface area (Å²) in [4.78, 5) is 16.4. The van der Waals surface area contributed by atoms with Crippen LogP contribution in [-0.2, 0) is 6.42 Å². The summed E-state index contributed by atoms with van der Waals surface area (Å²) in [6, 6.07) is 11.4. The highest BCUT2D eigenvalue weighted by Crippen LogP contribution is 2.27. The van der Waals surface area contributed by atoms with Crippen LogP contribution in [0.5, 0.6) is 5.88 Å². The van der Waals surface area contributed by atoms with Crippen LogP contribution < -0.4 is 10.1 Å². The van der Waals surface area contributed by atoms with Crippen LogP contribution in [0, 0.1) is 5.82 Å². The van der Waals surface area contributed by atoms with Crippen LogP contribution in [0.2, 0.25) is 0 Å². The molecule has 0 aliphatic heterocycles. The van der Waals surface area contributed by atoms with E-state index in [4.69, 9.17) is 4.74 Å². The molecule has 2 N–H and O–H groups in total. The molecule has 6 nitrogen and oxygen atoms in total. The van der Waals surface area contributed by atoms with Gasteiger partial charge >= 0.3 is 0 Å². The van der Waals surface area contributed by atoms with Gasteiger partial charge in [-0.1, -0.05) is 18.2 Å². The van der Waals surface area contributed by atoms with Gasteiger partial charge in [0, 0.05) is 41.5 Å². The highest BCUT2D eigenvalue weighted by Gasteiger charge is 2.18. The zero-order valence-electron chi connectivity index (χ0n) is 17.1. The minimum Gasteiger partial charge on any atom is -0.474 e. The quantitative estimate of drug-likeness (QED) is 0.436. The Labute approximate surface area is 179 Å². The predicted octanol–water partition coefficient (Wildman–Crippen LogP) is 5.14. The normalized spacial score (nSPS) is 14.2. The summed E-state index contributed by atoms with van der Waals surface area (Å²) < 4.78 is 19.8. The monoisotopic (exact) mass is 417 g/mol. The number of hydrogen-bond donors (Lipinski definition) is 2. The lowest BCUT2D eigenvalue weighted by Gasteiger charge is -2.14. The van der Waals surface area contributed by atoms with Gasteiger partial charge in [0.1, 0.15) is 11.9 Å². The SMILES string of the molecule is Fc1cncc(-c2cc(OC3CCCC3)nc(NCCc3c[nH]c4ccccc34)n2)c1. The van der Waals surface area contributed by atoms with Gasteiger partial charge in [0.2, 0.25) is 11.8 Å². The Morgan fingerprint density at radius 3 is 2.84 bits per heavy atom. The molecule has 0 amide bonds. The molecule has 3 heterocycles. The molecule has 0 bridgehead atoms. The summed E-state index contributed by atoms with van der Waals surface area (Å²) in [7, 11) is 0. The van der Waals surface area contributed by atoms with E-state index in [9.17, 15) is 4.39 Å². The molecule has 0 spiro atoms. The molecular formula is C24H24FN5O. The van der Waals surface area contributed by atoms with Crippen molar-refractivity contribution < 1.29 is 9.13 Å². The predicted molar refractivity (Wildman–Crippen MR) is 119 cm³/mol. The van der Waals surface area contributed by atoms with Crippen LogP contribution in [-0.4, -0.2) is 32.6 Å². The van der Waals surface area contributed by atoms with Gasteiger partial charge in [-0.2, -0.15) is 4.98 Å². The maximum absolute atomic E-state index is 13.7. The number of halogens is 1. The maximum atomic E-state index is 13.7. The van der Waals surface area contributed by atoms with Crippen LogP contribution in [0.4, 0.5) is 10.3 Å². The van der Waals surface area contributed by atoms with Gasteiger partial charge in [0.15, 0.2) is 0 Å². The van der Waals surface area contributed by atoms with E-state index in [0.717, 1.165) is 24.8 Å². The highest BCUT2D eigenvalue weighted by atomic mass is 19.1. The Bertz CT molecular complexity index is 1190. The molecule has 3 aromatic heterocycles. The number of aromatic amines is 1. The smallest absolute Gasteiger partial charge is 0.226 e. The number of benzene rings is 1. The molecule has 7 heteroatoms. The topological polar surface area (TPSA) is 75.7 Å². The molecule has 1 saturated carbocycles. The standard InChI is InChI=1S/C24H24FN5O/c25-18-11-17(13-26-15-18)22-12-23(31-19-5-1-2-6-19)30-24(29-22)27-10-9-16-14-28-21-8-4-3-7-20(16)21/h3-4,7-8,11-15,19,28H,1-2,5-6,9-10H2,(H,27,29,30). The molecule has 1 aromatic carbocycles. The number of nitrogens with one attached hydrogen (secondary N) is 2. The second-order valence-electron chi connectivity index (χ2n) is 7.87. The average molecular weight is 417 g/mol. The van der Waals surface area contributed by atoms with Crippen LogP contribution >= 0.6 is 0 Å². The van der Waals surface area contributed by atoms with Gasteiger partial charge in [-0.05, 0) is 49.8 Å². The highest BCUT2D eigenvalue weighted by molar-refractivity contribution is 5.83. The van der Waals surface area contributed by atoms with Crippen LogP contribution in [0.15, 0.2) is 55.0 Å². The van der Waals surface area contributed by atoms with Crippen LogP contribution in [0.3, 0.4) is 0 Å². The molecule has 1 aliphatic rings. The summed E-state index contributed by atoms with van der Waals surface area (Å²) in [6.07, 6.45) is 10.2. The summed E-state index contributed by atoms with van der Waals surface area (Å²) in [5, 5.41) is 4.53. The van der Waals surface area contributed by atoms with Crippen LogP contribution in [0.1, 0.15) is 31.2 Å². The first kappa shape index (κ1) is 19.5. The summed E-state index contributed by atoms with van der Waals surface area (Å²) in [5.74, 6) is 0.577. The molecule has 0 radical (unpaired) electrons. The van der Waals surface area contributed by atoms with Crippen molar-refractivity contribution in [3.63, 3.8) is 0 Å². The van der Waals surface area contributed by atoms with E-state index in [2.05, 4.69) is 37.4 Å². The Morgan fingerprint density at radius 2 is 1.97 bits per heavy atom. The van der Waals surface area contributed by atoms with Gasteiger partial charge in [-0.3, -0.25) is 4.98 Å². The Morgan fingerprint density at radius 1 is 1.10 bits per heavy atom. The molecular weight excluding hydrogens is 393 g/mol. The second kappa shape index (κ2) is 8.71. The Hall–Kier alpha value is -3.48. The number of anilines is 1. The van der Waals surface area contributed by atoms with Crippen molar-refractivity contribution in [2.75, 3.05) is 11.9 Å². The molecule has 0 unspecified atom stereocenters. The van der Waals surface area contributed by atoms with Crippen LogP contribution in [0.25, 0.3) is 22.2 Å². The molecule has 4 aromatic rings. The largest absolute Gasteiger partial charge is 0.474 e. The van der Waals surface area contributed by atoms with Crippen molar-refractivity contribution in [1.82, 2.24) is 19.9 Å². The number of ether oxygens (including phenoxy) is 1. The van der Waals surface area contributed by atoms with E-state index >= 15 is 0 Å². The van der Waals surface area contributed by atoms with Gasteiger partial charge in [-0.25, -0.2) is 9.37 Å². The van der Waals surface area contributed by atoms with Crippen molar-refractivity contribution in [2.45, 2.75) is 38.2 Å². The second-order valence-corrected chi connectivity index (χ2v) is 7.87. The van der Waals surface area contributed by atoms with Gasteiger partial charge in [-0.15, -0.1) is 0 Å². The van der Waals surface area contributed by atoms with Crippen molar-refractivity contribution in [3.05, 3.63) is 66.4 Å². The average Bonchev–Trinajstić information content (AvgIpc) is 3.44. The Kier molecular flexibility index (Phi) is 5.48. The zero-order valence-corrected chi connectivity index (χ0v) is 17.1. The molecule has 0 saturated heterocycles. The maximum Gasteiger partial charge on any atom is 0.226 e. The summed E-state index contributed by atoms with van der Waals surface area (Å²) in [6.45, 7) is 0.662. The number of rotatable bonds is 7. The number of pyridine rings is 1. The van der Waals surface area contributed by atoms with E-state index in [-0.39, 0.29) is 6.10 Å². The van der Waals surface area contributed by atoms with E-state index in [1.165, 1.54) is 36.1 Å². The molecule has 31 heavy (non-hydrogen) atoms. The van der Waals surface area contributed by atoms with Gasteiger partial charge < -0.3 is 15.0 Å². The minimum absolute atomic E-state index is 0.174. The fraction of sp³-hybridized carbons (Fsp3) is 0.292. The minimum atomic E-state index is -0.400. The molecule has 5 rings (SSSR count). The van der Waals surface area contributed by atoms with E-state index in [0.29, 0.717) is 29.6 Å². The van der Waals surface area contributed by atoms with Crippen molar-refractivity contribution in [3.8, 4) is 17.1 Å². The third-order valence-corrected chi connectivity index (χ3v) is 5.65. The first-order valence-electron chi connectivity index (χ1n) is 10.7. The van der Waals surface area contributed by atoms with Crippen molar-refractivity contribution in [1.29, 1.82) is 0 Å². The summed E-state index contributed by atoms with van der Waals surface area (Å²) in [5.41, 5.74) is 3.54. The fourth-order valence-electron chi connectivity index (χ4n) is 4.09. The van der Waals surface area contributed by atoms with Gasteiger partial charge in [0.25, 0.3) is 0 Å². The molecule has 1 aliphatic carbocycles. The molecule has 0 atom stereocenters. The van der Waals surface area contributed by atoms with Crippen molar-refractivity contribution >= 4 is 16.9 Å². The lowest BCUT2D eigenvalue weighted by Crippen LogP contribution is -2.14. The number of nitrogens with zero attached hydrogens (tertiary/aromatic N) is 3. The van der Waals surface area contributed by atoms with Crippen molar-refractivity contribution in [2.24, 2.45) is 0 Å². The fourth-order valence-corrected chi connectivity index (χ4v) is 4.09. The zero-order chi connectivity index (χ0) is 21.0. The van der Waals surface area contributed by atoms with E-state index < -0.39 is 5.82 Å². The first-order valence-corrected chi connectivity index (χ1v) is 10.7. The van der Waals surface area contributed by atoms with E-state index in [1.807, 2.05) is 18.3 Å². The number of fused-ring (bicyclic) bond motifs is 1. The number of para-hydroxylation sites is 1. The number of H-pyrrole nitrogens is 1. The molecule has 1 fully saturated rings. The number of hydrogen-bond acceptors (Lipinski definition) is 5. The van der Waals surface area contributed by atoms with E-state index in [1.54, 1.807) is 12.3 Å². The third kappa shape index (κ3) is 4.50. The third-order valence-electron chi connectivity index (χ3n) is 5.65. The first-order chi connectivity index (χ1) is 15.2.